The lowest BCUT2D eigenvalue weighted by Crippen LogP contribution is -2.36. The van der Waals surface area contributed by atoms with E-state index >= 15 is 0 Å². The highest BCUT2D eigenvalue weighted by atomic mass is 15.0. The van der Waals surface area contributed by atoms with E-state index in [2.05, 4.69) is 216 Å². The van der Waals surface area contributed by atoms with Crippen LogP contribution in [-0.2, 0) is 35.2 Å². The zero-order chi connectivity index (χ0) is 70.4. The molecule has 0 fully saturated rings. The number of aromatic nitrogens is 5. The molecule has 0 atom stereocenters. The molecule has 0 aliphatic heterocycles. The van der Waals surface area contributed by atoms with Crippen LogP contribution in [-0.4, -0.2) is 0 Å². The predicted octanol–water partition coefficient (Wildman–Crippen LogP) is 17.1. The molecule has 0 saturated heterocycles. The average molecular weight is 1140 g/mol. The standard InChI is InChI=1S/5C16H20N/c1-11-6-7-13(3)15(10-11)16-9-8-12(2)14(4)17(16)5;2*1-11-9-10-15(17(5)14(11)4)16-12(2)7-6-8-13(16)3;2*1-11-8-6-7-9-15(11)16-13(3)10-12(2)14(4)17(16)5/h5*6-10H,1-5H3/q5*+1/i2D3;1D3;;2D3;. The van der Waals surface area contributed by atoms with Crippen molar-refractivity contribution in [1.29, 1.82) is 0 Å². The zero-order valence-electron chi connectivity index (χ0n) is 64.2. The van der Waals surface area contributed by atoms with E-state index in [1.807, 2.05) is 92.9 Å². The van der Waals surface area contributed by atoms with Crippen LogP contribution in [0.1, 0.15) is 124 Å². The molecule has 0 bridgehead atoms. The third-order valence-corrected chi connectivity index (χ3v) is 17.4. The molecule has 0 saturated carbocycles. The summed E-state index contributed by atoms with van der Waals surface area (Å²) in [4.78, 5) is 0. The Hall–Kier alpha value is -8.15. The summed E-state index contributed by atoms with van der Waals surface area (Å²) >= 11 is 0. The van der Waals surface area contributed by atoms with Crippen molar-refractivity contribution in [3.8, 4) is 56.3 Å². The third-order valence-electron chi connectivity index (χ3n) is 17.4. The van der Waals surface area contributed by atoms with Gasteiger partial charge in [0.25, 0.3) is 0 Å². The van der Waals surface area contributed by atoms with E-state index in [9.17, 15) is 0 Å². The second-order valence-electron chi connectivity index (χ2n) is 23.3. The second kappa shape index (κ2) is 28.6. The lowest BCUT2D eigenvalue weighted by Gasteiger charge is -2.10. The molecule has 0 aliphatic rings. The predicted molar refractivity (Wildman–Crippen MR) is 360 cm³/mol. The zero-order valence-corrected chi connectivity index (χ0v) is 55.2. The van der Waals surface area contributed by atoms with Crippen molar-refractivity contribution in [2.75, 3.05) is 0 Å². The fourth-order valence-corrected chi connectivity index (χ4v) is 11.3. The molecule has 0 N–H and O–H groups in total. The number of benzene rings is 5. The summed E-state index contributed by atoms with van der Waals surface area (Å²) in [5.41, 5.74) is 33.2. The highest BCUT2D eigenvalue weighted by molar-refractivity contribution is 5.68. The third kappa shape index (κ3) is 15.0. The normalized spacial score (nSPS) is 12.7. The number of nitrogens with zero attached hydrogens (tertiary/aromatic N) is 5. The highest BCUT2D eigenvalue weighted by Gasteiger charge is 2.23. The number of rotatable bonds is 5. The van der Waals surface area contributed by atoms with Crippen LogP contribution in [0.5, 0.6) is 0 Å². The highest BCUT2D eigenvalue weighted by Crippen LogP contribution is 2.29. The lowest BCUT2D eigenvalue weighted by atomic mass is 9.98. The molecule has 0 radical (unpaired) electrons. The van der Waals surface area contributed by atoms with Gasteiger partial charge >= 0.3 is 0 Å². The first kappa shape index (κ1) is 53.6. The van der Waals surface area contributed by atoms with Gasteiger partial charge in [0.2, 0.25) is 28.5 Å². The first-order valence-corrected chi connectivity index (χ1v) is 29.5. The van der Waals surface area contributed by atoms with E-state index in [0.717, 1.165) is 50.9 Å². The van der Waals surface area contributed by atoms with Crippen molar-refractivity contribution >= 4 is 0 Å². The monoisotopic (exact) mass is 1140 g/mol. The Morgan fingerprint density at radius 1 is 0.235 bits per heavy atom. The van der Waals surface area contributed by atoms with E-state index < -0.39 is 20.6 Å². The largest absolute Gasteiger partial charge is 0.215 e. The Labute approximate surface area is 526 Å². The van der Waals surface area contributed by atoms with Gasteiger partial charge in [0.1, 0.15) is 35.2 Å². The van der Waals surface area contributed by atoms with Crippen molar-refractivity contribution in [2.45, 2.75) is 138 Å². The minimum Gasteiger partial charge on any atom is -0.198 e. The summed E-state index contributed by atoms with van der Waals surface area (Å²) in [6, 6.07) is 51.5. The number of pyridine rings is 5. The minimum atomic E-state index is -2.07. The van der Waals surface area contributed by atoms with E-state index in [4.69, 9.17) is 12.3 Å². The van der Waals surface area contributed by atoms with Crippen LogP contribution in [0.2, 0.25) is 0 Å². The second-order valence-corrected chi connectivity index (χ2v) is 23.3. The summed E-state index contributed by atoms with van der Waals surface area (Å²) in [5.74, 6) is 0. The Balaban J connectivity index is 0.000000187. The Morgan fingerprint density at radius 2 is 0.553 bits per heavy atom. The van der Waals surface area contributed by atoms with Gasteiger partial charge in [-0.3, -0.25) is 0 Å². The topological polar surface area (TPSA) is 19.4 Å². The first-order chi connectivity index (χ1) is 43.7. The molecule has 5 heteroatoms. The van der Waals surface area contributed by atoms with Crippen LogP contribution < -0.4 is 22.8 Å². The van der Waals surface area contributed by atoms with Crippen molar-refractivity contribution in [3.63, 3.8) is 0 Å². The van der Waals surface area contributed by atoms with Crippen molar-refractivity contribution < 1.29 is 35.2 Å². The average Bonchev–Trinajstić information content (AvgIpc) is 0.804. The van der Waals surface area contributed by atoms with Crippen molar-refractivity contribution in [3.05, 3.63) is 264 Å². The fourth-order valence-electron chi connectivity index (χ4n) is 11.3. The van der Waals surface area contributed by atoms with Gasteiger partial charge in [-0.05, 0) is 191 Å². The van der Waals surface area contributed by atoms with E-state index in [1.165, 1.54) is 101 Å². The fraction of sp³-hybridized carbons (Fsp3) is 0.312. The minimum absolute atomic E-state index is 0.411. The Morgan fingerprint density at radius 3 is 0.976 bits per heavy atom. The summed E-state index contributed by atoms with van der Waals surface area (Å²) in [5, 5.41) is 0. The van der Waals surface area contributed by atoms with Gasteiger partial charge in [-0.1, -0.05) is 90.5 Å². The maximum Gasteiger partial charge on any atom is 0.215 e. The van der Waals surface area contributed by atoms with Gasteiger partial charge in [0.15, 0.2) is 28.5 Å². The molecule has 5 heterocycles. The smallest absolute Gasteiger partial charge is 0.198 e. The maximum absolute atomic E-state index is 7.64. The Bertz CT molecular complexity index is 4380. The van der Waals surface area contributed by atoms with Crippen molar-refractivity contribution in [1.82, 2.24) is 0 Å². The molecular weight excluding hydrogens is 1030 g/mol. The molecular formula is C80H100N5+5. The van der Waals surface area contributed by atoms with Gasteiger partial charge < -0.3 is 0 Å². The Kier molecular flexibility index (Phi) is 18.0. The number of aryl methyl sites for hydroxylation is 15. The molecule has 0 aliphatic carbocycles. The lowest BCUT2D eigenvalue weighted by molar-refractivity contribution is -0.667. The molecule has 5 aromatic carbocycles. The van der Waals surface area contributed by atoms with E-state index in [-0.39, 0.29) is 0 Å². The molecule has 10 rings (SSSR count). The van der Waals surface area contributed by atoms with Gasteiger partial charge in [-0.15, -0.1) is 0 Å². The molecule has 5 nitrogen and oxygen atoms in total. The number of hydrogen-bond donors (Lipinski definition) is 0. The summed E-state index contributed by atoms with van der Waals surface area (Å²) in [6.45, 7) is 29.1. The first-order valence-electron chi connectivity index (χ1n) is 34.0. The van der Waals surface area contributed by atoms with Crippen LogP contribution in [0.15, 0.2) is 152 Å². The SMILES string of the molecule is Cc1cccc(C)c1-c1ccc(C)c(C)[n+]1C.Cc1ccccc1-c1c(C)cc(C)c(C)[n+]1C.[2H]C([2H])([2H])c1cc(C)c(-c2ccccc2C)[n+](C)c1C.[2H]C([2H])([2H])c1ccc(-c2c(C)cccc2C)[n+](C)c1C.[2H]C([2H])([2H])c1ccc(-c2cc(C)ccc2C)[n+](C)c1C. The van der Waals surface area contributed by atoms with Gasteiger partial charge in [0, 0.05) is 121 Å². The summed E-state index contributed by atoms with van der Waals surface area (Å²) in [6.07, 6.45) is 0. The van der Waals surface area contributed by atoms with Crippen molar-refractivity contribution in [2.24, 2.45) is 35.2 Å². The molecule has 440 valence electrons. The quantitative estimate of drug-likeness (QED) is 0.153. The van der Waals surface area contributed by atoms with Gasteiger partial charge in [-0.2, -0.15) is 22.8 Å². The molecule has 0 amide bonds. The van der Waals surface area contributed by atoms with Gasteiger partial charge in [-0.25, -0.2) is 0 Å². The summed E-state index contributed by atoms with van der Waals surface area (Å²) in [7, 11) is 10.1. The van der Waals surface area contributed by atoms with E-state index in [0.29, 0.717) is 16.7 Å². The van der Waals surface area contributed by atoms with Crippen LogP contribution >= 0.6 is 0 Å². The maximum atomic E-state index is 7.64. The number of hydrogen-bond acceptors (Lipinski definition) is 0. The molecule has 10 aromatic rings. The molecule has 85 heavy (non-hydrogen) atoms. The van der Waals surface area contributed by atoms with Crippen LogP contribution in [0, 0.1) is 138 Å². The van der Waals surface area contributed by atoms with Crippen LogP contribution in [0.4, 0.5) is 0 Å². The molecule has 0 unspecified atom stereocenters. The molecule has 0 spiro atoms. The summed E-state index contributed by atoms with van der Waals surface area (Å²) < 4.78 is 78.9. The molecule has 5 aromatic heterocycles. The van der Waals surface area contributed by atoms with Crippen LogP contribution in [0.25, 0.3) is 56.3 Å². The van der Waals surface area contributed by atoms with Crippen LogP contribution in [0.3, 0.4) is 0 Å². The van der Waals surface area contributed by atoms with E-state index in [1.54, 1.807) is 18.2 Å². The van der Waals surface area contributed by atoms with Gasteiger partial charge in [0.05, 0.1) is 11.1 Å².